The van der Waals surface area contributed by atoms with E-state index in [1.54, 1.807) is 6.07 Å². The normalized spacial score (nSPS) is 29.4. The van der Waals surface area contributed by atoms with Crippen LogP contribution in [-0.4, -0.2) is 11.8 Å². The molecule has 4 nitrogen and oxygen atoms in total. The highest BCUT2D eigenvalue weighted by Crippen LogP contribution is 2.60. The van der Waals surface area contributed by atoms with Gasteiger partial charge in [-0.3, -0.25) is 9.59 Å². The van der Waals surface area contributed by atoms with Gasteiger partial charge in [-0.2, -0.15) is 0 Å². The fourth-order valence-corrected chi connectivity index (χ4v) is 6.31. The van der Waals surface area contributed by atoms with Gasteiger partial charge in [0.2, 0.25) is 5.91 Å². The van der Waals surface area contributed by atoms with Crippen molar-refractivity contribution < 1.29 is 9.59 Å². The van der Waals surface area contributed by atoms with Gasteiger partial charge in [0.1, 0.15) is 0 Å². The third-order valence-corrected chi connectivity index (χ3v) is 7.24. The smallest absolute Gasteiger partial charge is 0.253 e. The molecule has 0 spiro atoms. The van der Waals surface area contributed by atoms with Gasteiger partial charge in [0.15, 0.2) is 0 Å². The molecule has 2 amide bonds. The fourth-order valence-electron chi connectivity index (χ4n) is 6.31. The maximum atomic E-state index is 13.4. The number of carbonyl (C=O) groups is 2. The van der Waals surface area contributed by atoms with Crippen LogP contribution in [0.4, 0.5) is 5.69 Å². The molecule has 0 radical (unpaired) electrons. The molecule has 6 rings (SSSR count). The summed E-state index contributed by atoms with van der Waals surface area (Å²) in [5, 5.41) is 6.12. The Kier molecular flexibility index (Phi) is 4.65. The molecular weight excluding hydrogens is 360 g/mol. The molecule has 0 heterocycles. The molecule has 4 aliphatic rings. The third-order valence-electron chi connectivity index (χ3n) is 7.24. The lowest BCUT2D eigenvalue weighted by molar-refractivity contribution is -0.140. The highest BCUT2D eigenvalue weighted by Gasteiger charge is 2.54. The van der Waals surface area contributed by atoms with E-state index in [0.717, 1.165) is 42.6 Å². The second-order valence-electron chi connectivity index (χ2n) is 9.37. The van der Waals surface area contributed by atoms with E-state index in [0.29, 0.717) is 17.8 Å². The number of amides is 2. The van der Waals surface area contributed by atoms with Crippen LogP contribution in [0.1, 0.15) is 54.4 Å². The zero-order chi connectivity index (χ0) is 19.8. The van der Waals surface area contributed by atoms with Crippen molar-refractivity contribution in [2.24, 2.45) is 23.2 Å². The monoisotopic (exact) mass is 388 g/mol. The molecule has 150 valence electrons. The molecule has 0 aliphatic heterocycles. The van der Waals surface area contributed by atoms with E-state index < -0.39 is 0 Å². The lowest BCUT2D eigenvalue weighted by Crippen LogP contribution is -2.51. The summed E-state index contributed by atoms with van der Waals surface area (Å²) >= 11 is 0. The van der Waals surface area contributed by atoms with Crippen molar-refractivity contribution in [3.05, 3.63) is 65.7 Å². The maximum absolute atomic E-state index is 13.4. The van der Waals surface area contributed by atoms with E-state index in [2.05, 4.69) is 10.6 Å². The van der Waals surface area contributed by atoms with Crippen LogP contribution in [0.2, 0.25) is 0 Å². The molecule has 4 saturated carbocycles. The lowest BCUT2D eigenvalue weighted by atomic mass is 9.49. The highest BCUT2D eigenvalue weighted by atomic mass is 16.2. The Morgan fingerprint density at radius 2 is 1.41 bits per heavy atom. The molecular formula is C25H28N2O2. The van der Waals surface area contributed by atoms with E-state index >= 15 is 0 Å². The van der Waals surface area contributed by atoms with Gasteiger partial charge >= 0.3 is 0 Å². The maximum Gasteiger partial charge on any atom is 0.253 e. The second-order valence-corrected chi connectivity index (χ2v) is 9.37. The second kappa shape index (κ2) is 7.33. The van der Waals surface area contributed by atoms with Gasteiger partial charge < -0.3 is 10.6 Å². The third kappa shape index (κ3) is 3.57. The van der Waals surface area contributed by atoms with Crippen molar-refractivity contribution in [2.45, 2.75) is 45.1 Å². The van der Waals surface area contributed by atoms with Crippen LogP contribution >= 0.6 is 0 Å². The number of para-hydroxylation sites is 1. The van der Waals surface area contributed by atoms with E-state index in [1.807, 2.05) is 48.5 Å². The molecule has 4 bridgehead atoms. The standard InChI is InChI=1S/C25H28N2O2/c28-23(26-16-17-6-2-1-3-7-17)21-8-4-5-9-22(21)27-24(29)25-13-18-10-19(14-25)12-20(11-18)15-25/h1-9,18-20H,10-16H2,(H,26,28)(H,27,29). The first-order valence-corrected chi connectivity index (χ1v) is 10.8. The summed E-state index contributed by atoms with van der Waals surface area (Å²) in [4.78, 5) is 26.2. The summed E-state index contributed by atoms with van der Waals surface area (Å²) in [5.41, 5.74) is 1.98. The summed E-state index contributed by atoms with van der Waals surface area (Å²) in [6, 6.07) is 17.2. The zero-order valence-electron chi connectivity index (χ0n) is 16.7. The van der Waals surface area contributed by atoms with Crippen LogP contribution < -0.4 is 10.6 Å². The Hall–Kier alpha value is -2.62. The predicted molar refractivity (Wildman–Crippen MR) is 113 cm³/mol. The number of benzene rings is 2. The van der Waals surface area contributed by atoms with E-state index in [1.165, 1.54) is 19.3 Å². The molecule has 0 saturated heterocycles. The van der Waals surface area contributed by atoms with Gasteiger partial charge in [-0.1, -0.05) is 42.5 Å². The molecule has 2 aromatic carbocycles. The van der Waals surface area contributed by atoms with Crippen molar-refractivity contribution in [1.82, 2.24) is 5.32 Å². The lowest BCUT2D eigenvalue weighted by Gasteiger charge is -2.55. The molecule has 0 aromatic heterocycles. The van der Waals surface area contributed by atoms with Crippen LogP contribution in [0.25, 0.3) is 0 Å². The van der Waals surface area contributed by atoms with Crippen LogP contribution in [0.3, 0.4) is 0 Å². The fraction of sp³-hybridized carbons (Fsp3) is 0.440. The highest BCUT2D eigenvalue weighted by molar-refractivity contribution is 6.05. The van der Waals surface area contributed by atoms with Crippen molar-refractivity contribution in [1.29, 1.82) is 0 Å². The van der Waals surface area contributed by atoms with Crippen LogP contribution in [0, 0.1) is 23.2 Å². The Morgan fingerprint density at radius 3 is 2.07 bits per heavy atom. The number of anilines is 1. The van der Waals surface area contributed by atoms with Crippen molar-refractivity contribution in [2.75, 3.05) is 5.32 Å². The largest absolute Gasteiger partial charge is 0.348 e. The summed E-state index contributed by atoms with van der Waals surface area (Å²) in [6.45, 7) is 0.469. The average Bonchev–Trinajstić information content (AvgIpc) is 2.72. The molecule has 4 heteroatoms. The molecule has 2 N–H and O–H groups in total. The molecule has 2 aromatic rings. The molecule has 0 unspecified atom stereocenters. The minimum atomic E-state index is -0.220. The Bertz CT molecular complexity index is 886. The van der Waals surface area contributed by atoms with Gasteiger partial charge in [0.25, 0.3) is 5.91 Å². The summed E-state index contributed by atoms with van der Waals surface area (Å²) in [5.74, 6) is 2.12. The number of hydrogen-bond acceptors (Lipinski definition) is 2. The van der Waals surface area contributed by atoms with Crippen molar-refractivity contribution >= 4 is 17.5 Å². The van der Waals surface area contributed by atoms with Gasteiger partial charge in [-0.15, -0.1) is 0 Å². The van der Waals surface area contributed by atoms with Crippen LogP contribution in [-0.2, 0) is 11.3 Å². The molecule has 4 fully saturated rings. The summed E-state index contributed by atoms with van der Waals surface area (Å²) in [6.07, 6.45) is 6.99. The van der Waals surface area contributed by atoms with Gasteiger partial charge in [0.05, 0.1) is 16.7 Å². The summed E-state index contributed by atoms with van der Waals surface area (Å²) in [7, 11) is 0. The molecule has 0 atom stereocenters. The molecule has 4 aliphatic carbocycles. The number of carbonyl (C=O) groups excluding carboxylic acids is 2. The van der Waals surface area contributed by atoms with Gasteiger partial charge in [-0.25, -0.2) is 0 Å². The predicted octanol–water partition coefficient (Wildman–Crippen LogP) is 4.77. The first kappa shape index (κ1) is 18.4. The first-order valence-electron chi connectivity index (χ1n) is 10.8. The SMILES string of the molecule is O=C(NCc1ccccc1)c1ccccc1NC(=O)C12CC3CC(CC(C3)C1)C2. The molecule has 29 heavy (non-hydrogen) atoms. The Morgan fingerprint density at radius 1 is 0.828 bits per heavy atom. The van der Waals surface area contributed by atoms with Gasteiger partial charge in [-0.05, 0) is 74.0 Å². The zero-order valence-corrected chi connectivity index (χ0v) is 16.7. The van der Waals surface area contributed by atoms with Crippen molar-refractivity contribution in [3.63, 3.8) is 0 Å². The minimum absolute atomic E-state index is 0.125. The number of rotatable bonds is 5. The van der Waals surface area contributed by atoms with E-state index in [9.17, 15) is 9.59 Å². The van der Waals surface area contributed by atoms with E-state index in [-0.39, 0.29) is 17.2 Å². The minimum Gasteiger partial charge on any atom is -0.348 e. The Balaban J connectivity index is 1.31. The topological polar surface area (TPSA) is 58.2 Å². The van der Waals surface area contributed by atoms with Crippen LogP contribution in [0.5, 0.6) is 0 Å². The van der Waals surface area contributed by atoms with E-state index in [4.69, 9.17) is 0 Å². The number of hydrogen-bond donors (Lipinski definition) is 2. The quantitative estimate of drug-likeness (QED) is 0.775. The van der Waals surface area contributed by atoms with Crippen molar-refractivity contribution in [3.8, 4) is 0 Å². The first-order chi connectivity index (χ1) is 14.1. The Labute approximate surface area is 172 Å². The summed E-state index contributed by atoms with van der Waals surface area (Å²) < 4.78 is 0. The number of nitrogens with one attached hydrogen (secondary N) is 2. The van der Waals surface area contributed by atoms with Crippen LogP contribution in [0.15, 0.2) is 54.6 Å². The average molecular weight is 389 g/mol. The van der Waals surface area contributed by atoms with Gasteiger partial charge in [0, 0.05) is 6.54 Å².